The lowest BCUT2D eigenvalue weighted by Gasteiger charge is -2.28. The van der Waals surface area contributed by atoms with E-state index >= 15 is 0 Å². The average Bonchev–Trinajstić information content (AvgIpc) is 3.17. The van der Waals surface area contributed by atoms with Crippen LogP contribution in [-0.4, -0.2) is 46.1 Å². The maximum absolute atomic E-state index is 5.44. The molecule has 4 rings (SSSR count). The number of benzene rings is 1. The molecule has 5 heteroatoms. The second-order valence-electron chi connectivity index (χ2n) is 7.63. The predicted octanol–water partition coefficient (Wildman–Crippen LogP) is 3.43. The van der Waals surface area contributed by atoms with Crippen LogP contribution in [0.5, 0.6) is 0 Å². The summed E-state index contributed by atoms with van der Waals surface area (Å²) in [6.45, 7) is 4.07. The van der Waals surface area contributed by atoms with Crippen LogP contribution in [0.3, 0.4) is 0 Å². The van der Waals surface area contributed by atoms with E-state index < -0.39 is 0 Å². The van der Waals surface area contributed by atoms with Crippen molar-refractivity contribution in [3.63, 3.8) is 0 Å². The normalized spacial score (nSPS) is 21.8. The Bertz CT molecular complexity index is 667. The number of aromatic nitrogens is 2. The smallest absolute Gasteiger partial charge is 0.229 e. The molecule has 1 aliphatic heterocycles. The summed E-state index contributed by atoms with van der Waals surface area (Å²) in [5, 5.41) is 4.18. The van der Waals surface area contributed by atoms with E-state index in [0.717, 1.165) is 31.3 Å². The van der Waals surface area contributed by atoms with Gasteiger partial charge in [-0.15, -0.1) is 0 Å². The van der Waals surface area contributed by atoms with E-state index in [1.54, 1.807) is 0 Å². The van der Waals surface area contributed by atoms with Crippen LogP contribution in [0, 0.1) is 0 Å². The quantitative estimate of drug-likeness (QED) is 0.773. The van der Waals surface area contributed by atoms with Gasteiger partial charge in [-0.3, -0.25) is 9.80 Å². The van der Waals surface area contributed by atoms with Crippen molar-refractivity contribution in [3.8, 4) is 0 Å². The first-order chi connectivity index (χ1) is 12.3. The van der Waals surface area contributed by atoms with E-state index in [9.17, 15) is 0 Å². The Morgan fingerprint density at radius 3 is 2.76 bits per heavy atom. The molecule has 0 bridgehead atoms. The molecule has 0 N–H and O–H groups in total. The van der Waals surface area contributed by atoms with Gasteiger partial charge in [0, 0.05) is 25.0 Å². The minimum atomic E-state index is 0.516. The minimum absolute atomic E-state index is 0.516. The first kappa shape index (κ1) is 16.7. The molecule has 0 amide bonds. The number of likely N-dealkylation sites (N-methyl/N-ethyl adjacent to an activating group) is 1. The van der Waals surface area contributed by atoms with Crippen molar-refractivity contribution in [3.05, 3.63) is 47.6 Å². The number of rotatable bonds is 7. The van der Waals surface area contributed by atoms with Crippen LogP contribution >= 0.6 is 0 Å². The van der Waals surface area contributed by atoms with Gasteiger partial charge in [0.1, 0.15) is 0 Å². The summed E-state index contributed by atoms with van der Waals surface area (Å²) in [5.74, 6) is 2.20. The molecular weight excluding hydrogens is 312 g/mol. The molecule has 2 aromatic rings. The summed E-state index contributed by atoms with van der Waals surface area (Å²) >= 11 is 0. The van der Waals surface area contributed by atoms with E-state index in [-0.39, 0.29) is 0 Å². The first-order valence-electron chi connectivity index (χ1n) is 9.57. The van der Waals surface area contributed by atoms with Crippen molar-refractivity contribution in [1.29, 1.82) is 0 Å². The van der Waals surface area contributed by atoms with E-state index in [0.29, 0.717) is 12.0 Å². The van der Waals surface area contributed by atoms with E-state index in [1.807, 2.05) is 0 Å². The van der Waals surface area contributed by atoms with E-state index in [1.165, 1.54) is 44.2 Å². The number of hydrogen-bond donors (Lipinski definition) is 0. The summed E-state index contributed by atoms with van der Waals surface area (Å²) in [4.78, 5) is 9.55. The number of hydrogen-bond acceptors (Lipinski definition) is 5. The molecule has 1 aromatic heterocycles. The molecule has 0 spiro atoms. The van der Waals surface area contributed by atoms with Gasteiger partial charge in [0.2, 0.25) is 5.89 Å². The second kappa shape index (κ2) is 7.67. The van der Waals surface area contributed by atoms with Crippen molar-refractivity contribution >= 4 is 0 Å². The molecule has 1 atom stereocenters. The lowest BCUT2D eigenvalue weighted by atomic mass is 9.85. The summed E-state index contributed by atoms with van der Waals surface area (Å²) < 4.78 is 5.44. The Morgan fingerprint density at radius 2 is 2.00 bits per heavy atom. The lowest BCUT2D eigenvalue weighted by Crippen LogP contribution is -2.38. The van der Waals surface area contributed by atoms with Gasteiger partial charge in [-0.25, -0.2) is 0 Å². The molecule has 2 heterocycles. The molecule has 25 heavy (non-hydrogen) atoms. The third-order valence-electron chi connectivity index (χ3n) is 5.60. The summed E-state index contributed by atoms with van der Waals surface area (Å²) in [7, 11) is 2.17. The van der Waals surface area contributed by atoms with Crippen molar-refractivity contribution in [1.82, 2.24) is 19.9 Å². The summed E-state index contributed by atoms with van der Waals surface area (Å²) in [5.41, 5.74) is 1.40. The fraction of sp³-hybridized carbons (Fsp3) is 0.600. The first-order valence-corrected chi connectivity index (χ1v) is 9.57. The van der Waals surface area contributed by atoms with Gasteiger partial charge < -0.3 is 4.52 Å². The fourth-order valence-electron chi connectivity index (χ4n) is 3.95. The van der Waals surface area contributed by atoms with Crippen molar-refractivity contribution < 1.29 is 4.52 Å². The second-order valence-corrected chi connectivity index (χ2v) is 7.63. The predicted molar refractivity (Wildman–Crippen MR) is 97.1 cm³/mol. The molecule has 2 fully saturated rings. The third kappa shape index (κ3) is 4.10. The Hall–Kier alpha value is -1.72. The molecule has 1 aliphatic carbocycles. The summed E-state index contributed by atoms with van der Waals surface area (Å²) in [6, 6.07) is 11.4. The molecule has 2 aliphatic rings. The Balaban J connectivity index is 1.30. The van der Waals surface area contributed by atoms with Gasteiger partial charge in [-0.1, -0.05) is 41.9 Å². The van der Waals surface area contributed by atoms with Crippen molar-refractivity contribution in [2.45, 2.75) is 57.2 Å². The Morgan fingerprint density at radius 1 is 1.16 bits per heavy atom. The molecule has 134 valence electrons. The zero-order valence-corrected chi connectivity index (χ0v) is 15.1. The van der Waals surface area contributed by atoms with Crippen LogP contribution in [0.2, 0.25) is 0 Å². The molecule has 1 saturated heterocycles. The average molecular weight is 340 g/mol. The van der Waals surface area contributed by atoms with Gasteiger partial charge in [0.05, 0.1) is 6.54 Å². The number of nitrogens with zero attached hydrogens (tertiary/aromatic N) is 4. The Labute approximate surface area is 150 Å². The SMILES string of the molecule is CN(Cc1noc(C2CCC2)n1)C[C@H]1CCCN1Cc1ccccc1. The largest absolute Gasteiger partial charge is 0.339 e. The highest BCUT2D eigenvalue weighted by Crippen LogP contribution is 2.35. The zero-order valence-electron chi connectivity index (χ0n) is 15.1. The van der Waals surface area contributed by atoms with Crippen LogP contribution in [0.4, 0.5) is 0 Å². The molecule has 1 aromatic carbocycles. The van der Waals surface area contributed by atoms with Crippen molar-refractivity contribution in [2.75, 3.05) is 20.1 Å². The molecule has 0 unspecified atom stereocenters. The molecule has 1 saturated carbocycles. The van der Waals surface area contributed by atoms with Crippen LogP contribution in [0.1, 0.15) is 55.3 Å². The highest BCUT2D eigenvalue weighted by Gasteiger charge is 2.27. The monoisotopic (exact) mass is 340 g/mol. The molecule has 5 nitrogen and oxygen atoms in total. The van der Waals surface area contributed by atoms with Crippen LogP contribution < -0.4 is 0 Å². The number of likely N-dealkylation sites (tertiary alicyclic amines) is 1. The van der Waals surface area contributed by atoms with Crippen LogP contribution in [-0.2, 0) is 13.1 Å². The third-order valence-corrected chi connectivity index (χ3v) is 5.60. The maximum Gasteiger partial charge on any atom is 0.229 e. The Kier molecular flexibility index (Phi) is 5.13. The zero-order chi connectivity index (χ0) is 17.1. The van der Waals surface area contributed by atoms with Crippen molar-refractivity contribution in [2.24, 2.45) is 0 Å². The van der Waals surface area contributed by atoms with E-state index in [2.05, 4.69) is 57.3 Å². The van der Waals surface area contributed by atoms with Gasteiger partial charge >= 0.3 is 0 Å². The van der Waals surface area contributed by atoms with Gasteiger partial charge in [0.15, 0.2) is 5.82 Å². The maximum atomic E-state index is 5.44. The van der Waals surface area contributed by atoms with Gasteiger partial charge in [-0.2, -0.15) is 4.98 Å². The van der Waals surface area contributed by atoms with Crippen LogP contribution in [0.15, 0.2) is 34.9 Å². The van der Waals surface area contributed by atoms with Crippen LogP contribution in [0.25, 0.3) is 0 Å². The van der Waals surface area contributed by atoms with Gasteiger partial charge in [0.25, 0.3) is 0 Å². The summed E-state index contributed by atoms with van der Waals surface area (Å²) in [6.07, 6.45) is 6.26. The molecule has 0 radical (unpaired) electrons. The van der Waals surface area contributed by atoms with E-state index in [4.69, 9.17) is 4.52 Å². The highest BCUT2D eigenvalue weighted by atomic mass is 16.5. The standard InChI is InChI=1S/C20H28N4O/c1-23(15-19-21-20(25-22-19)17-9-5-10-17)14-18-11-6-12-24(18)13-16-7-3-2-4-8-16/h2-4,7-8,17-18H,5-6,9-15H2,1H3/t18-/m1/s1. The molecular formula is C20H28N4O. The lowest BCUT2D eigenvalue weighted by molar-refractivity contribution is 0.179. The fourth-order valence-corrected chi connectivity index (χ4v) is 3.95. The highest BCUT2D eigenvalue weighted by molar-refractivity contribution is 5.14. The van der Waals surface area contributed by atoms with Gasteiger partial charge in [-0.05, 0) is 44.8 Å². The topological polar surface area (TPSA) is 45.4 Å². The minimum Gasteiger partial charge on any atom is -0.339 e.